The molecule has 1 aliphatic heterocycles. The summed E-state index contributed by atoms with van der Waals surface area (Å²) in [7, 11) is 0. The van der Waals surface area contributed by atoms with E-state index >= 15 is 0 Å². The number of carbonyl (C=O) groups is 1. The summed E-state index contributed by atoms with van der Waals surface area (Å²) >= 11 is 0. The molecule has 0 aromatic heterocycles. The van der Waals surface area contributed by atoms with Crippen LogP contribution in [0.2, 0.25) is 0 Å². The first-order valence-electron chi connectivity index (χ1n) is 6.53. The van der Waals surface area contributed by atoms with Gasteiger partial charge in [0.2, 0.25) is 5.91 Å². The van der Waals surface area contributed by atoms with Gasteiger partial charge in [-0.1, -0.05) is 12.1 Å². The van der Waals surface area contributed by atoms with Gasteiger partial charge in [-0.3, -0.25) is 4.79 Å². The summed E-state index contributed by atoms with van der Waals surface area (Å²) in [5.41, 5.74) is 7.33. The van der Waals surface area contributed by atoms with Crippen LogP contribution in [0.5, 0.6) is 0 Å². The van der Waals surface area contributed by atoms with E-state index in [9.17, 15) is 9.18 Å². The molecule has 3 nitrogen and oxygen atoms in total. The molecule has 0 saturated carbocycles. The van der Waals surface area contributed by atoms with Crippen molar-refractivity contribution in [2.45, 2.75) is 13.3 Å². The molecule has 1 aromatic carbocycles. The zero-order valence-corrected chi connectivity index (χ0v) is 11.1. The van der Waals surface area contributed by atoms with Crippen LogP contribution in [0.25, 0.3) is 5.57 Å². The van der Waals surface area contributed by atoms with Crippen molar-refractivity contribution in [1.82, 2.24) is 4.90 Å². The highest BCUT2D eigenvalue weighted by molar-refractivity contribution is 5.95. The fourth-order valence-electron chi connectivity index (χ4n) is 2.30. The van der Waals surface area contributed by atoms with Crippen LogP contribution in [0, 0.1) is 11.7 Å². The van der Waals surface area contributed by atoms with Gasteiger partial charge >= 0.3 is 0 Å². The molecule has 0 radical (unpaired) electrons. The van der Waals surface area contributed by atoms with Gasteiger partial charge in [0.05, 0.1) is 0 Å². The summed E-state index contributed by atoms with van der Waals surface area (Å²) < 4.78 is 12.8. The molecular weight excluding hydrogens is 243 g/mol. The van der Waals surface area contributed by atoms with Gasteiger partial charge in [0.15, 0.2) is 0 Å². The monoisotopic (exact) mass is 262 g/mol. The van der Waals surface area contributed by atoms with Crippen LogP contribution in [-0.4, -0.2) is 30.4 Å². The predicted octanol–water partition coefficient (Wildman–Crippen LogP) is 2.04. The number of hydrogen-bond donors (Lipinski definition) is 1. The van der Waals surface area contributed by atoms with Crippen LogP contribution < -0.4 is 5.73 Å². The van der Waals surface area contributed by atoms with Gasteiger partial charge in [-0.2, -0.15) is 0 Å². The minimum atomic E-state index is -0.270. The molecule has 1 heterocycles. The number of rotatable bonds is 3. The lowest BCUT2D eigenvalue weighted by Crippen LogP contribution is -2.28. The predicted molar refractivity (Wildman–Crippen MR) is 73.8 cm³/mol. The third-order valence-corrected chi connectivity index (χ3v) is 3.57. The van der Waals surface area contributed by atoms with Gasteiger partial charge in [0, 0.05) is 19.2 Å². The van der Waals surface area contributed by atoms with Crippen molar-refractivity contribution in [1.29, 1.82) is 0 Å². The van der Waals surface area contributed by atoms with Crippen molar-refractivity contribution in [3.05, 3.63) is 41.7 Å². The minimum Gasteiger partial charge on any atom is -0.339 e. The second kappa shape index (κ2) is 5.97. The number of nitrogens with zero attached hydrogens (tertiary/aromatic N) is 1. The average molecular weight is 262 g/mol. The molecule has 4 heteroatoms. The summed E-state index contributed by atoms with van der Waals surface area (Å²) in [5.74, 6) is 0.162. The van der Waals surface area contributed by atoms with Crippen molar-refractivity contribution < 1.29 is 9.18 Å². The number of benzene rings is 1. The molecule has 0 bridgehead atoms. The maximum atomic E-state index is 12.8. The Morgan fingerprint density at radius 1 is 1.47 bits per heavy atom. The number of halogens is 1. The molecule has 1 unspecified atom stereocenters. The molecule has 2 rings (SSSR count). The molecule has 1 amide bonds. The lowest BCUT2D eigenvalue weighted by atomic mass is 10.1. The Kier molecular flexibility index (Phi) is 4.32. The maximum absolute atomic E-state index is 12.8. The van der Waals surface area contributed by atoms with Crippen LogP contribution in [0.4, 0.5) is 4.39 Å². The van der Waals surface area contributed by atoms with Crippen LogP contribution >= 0.6 is 0 Å². The third-order valence-electron chi connectivity index (χ3n) is 3.57. The highest BCUT2D eigenvalue weighted by Gasteiger charge is 2.23. The number of likely N-dealkylation sites (tertiary alicyclic amines) is 1. The molecule has 19 heavy (non-hydrogen) atoms. The van der Waals surface area contributed by atoms with Gasteiger partial charge in [-0.05, 0) is 49.1 Å². The first-order valence-corrected chi connectivity index (χ1v) is 6.53. The van der Waals surface area contributed by atoms with Crippen molar-refractivity contribution in [3.63, 3.8) is 0 Å². The van der Waals surface area contributed by atoms with E-state index in [1.54, 1.807) is 18.2 Å². The normalized spacial score (nSPS) is 19.8. The van der Waals surface area contributed by atoms with Gasteiger partial charge in [-0.15, -0.1) is 0 Å². The lowest BCUT2D eigenvalue weighted by molar-refractivity contribution is -0.125. The lowest BCUT2D eigenvalue weighted by Gasteiger charge is -2.14. The zero-order valence-electron chi connectivity index (χ0n) is 11.1. The highest BCUT2D eigenvalue weighted by Crippen LogP contribution is 2.18. The Balaban J connectivity index is 2.04. The van der Waals surface area contributed by atoms with Crippen molar-refractivity contribution in [3.8, 4) is 0 Å². The summed E-state index contributed by atoms with van der Waals surface area (Å²) in [6.07, 6.45) is 2.60. The van der Waals surface area contributed by atoms with Crippen LogP contribution in [-0.2, 0) is 4.79 Å². The largest absolute Gasteiger partial charge is 0.339 e. The second-order valence-corrected chi connectivity index (χ2v) is 5.01. The number of amides is 1. The quantitative estimate of drug-likeness (QED) is 0.847. The van der Waals surface area contributed by atoms with Gasteiger partial charge in [0.25, 0.3) is 0 Å². The second-order valence-electron chi connectivity index (χ2n) is 5.01. The molecule has 1 atom stereocenters. The molecule has 0 spiro atoms. The summed E-state index contributed by atoms with van der Waals surface area (Å²) in [4.78, 5) is 13.9. The van der Waals surface area contributed by atoms with E-state index in [-0.39, 0.29) is 11.7 Å². The van der Waals surface area contributed by atoms with Gasteiger partial charge in [0.1, 0.15) is 5.82 Å². The van der Waals surface area contributed by atoms with Gasteiger partial charge in [-0.25, -0.2) is 4.39 Å². The molecule has 0 aliphatic carbocycles. The average Bonchev–Trinajstić information content (AvgIpc) is 2.88. The van der Waals surface area contributed by atoms with Crippen LogP contribution in [0.3, 0.4) is 0 Å². The van der Waals surface area contributed by atoms with Crippen LogP contribution in [0.15, 0.2) is 30.3 Å². The van der Waals surface area contributed by atoms with Gasteiger partial charge < -0.3 is 10.6 Å². The SMILES string of the molecule is CC(=CC(=O)N1CCC(CN)C1)c1ccc(F)cc1. The van der Waals surface area contributed by atoms with E-state index in [1.807, 2.05) is 11.8 Å². The van der Waals surface area contributed by atoms with Crippen LogP contribution in [0.1, 0.15) is 18.9 Å². The molecular formula is C15H19FN2O. The number of carbonyl (C=O) groups excluding carboxylic acids is 1. The fourth-order valence-corrected chi connectivity index (χ4v) is 2.30. The van der Waals surface area contributed by atoms with Crippen molar-refractivity contribution in [2.24, 2.45) is 11.7 Å². The molecule has 102 valence electrons. The Morgan fingerprint density at radius 3 is 2.74 bits per heavy atom. The smallest absolute Gasteiger partial charge is 0.246 e. The fraction of sp³-hybridized carbons (Fsp3) is 0.400. The molecule has 2 N–H and O–H groups in total. The molecule has 1 saturated heterocycles. The number of allylic oxidation sites excluding steroid dienone is 1. The maximum Gasteiger partial charge on any atom is 0.246 e. The zero-order chi connectivity index (χ0) is 13.8. The van der Waals surface area contributed by atoms with E-state index in [2.05, 4.69) is 0 Å². The minimum absolute atomic E-state index is 0.0118. The molecule has 1 aromatic rings. The summed E-state index contributed by atoms with van der Waals surface area (Å²) in [6, 6.07) is 6.16. The standard InChI is InChI=1S/C15H19FN2O/c1-11(13-2-4-14(16)5-3-13)8-15(19)18-7-6-12(9-17)10-18/h2-5,8,12H,6-7,9-10,17H2,1H3. The van der Waals surface area contributed by atoms with E-state index in [0.29, 0.717) is 12.5 Å². The Hall–Kier alpha value is -1.68. The first-order chi connectivity index (χ1) is 9.10. The third kappa shape index (κ3) is 3.41. The Morgan fingerprint density at radius 2 is 2.16 bits per heavy atom. The number of hydrogen-bond acceptors (Lipinski definition) is 2. The van der Waals surface area contributed by atoms with E-state index in [4.69, 9.17) is 5.73 Å². The summed E-state index contributed by atoms with van der Waals surface area (Å²) in [5, 5.41) is 0. The molecule has 1 fully saturated rings. The Bertz CT molecular complexity index is 481. The van der Waals surface area contributed by atoms with E-state index in [1.165, 1.54) is 12.1 Å². The topological polar surface area (TPSA) is 46.3 Å². The Labute approximate surface area is 112 Å². The number of nitrogens with two attached hydrogens (primary N) is 1. The molecule has 1 aliphatic rings. The van der Waals surface area contributed by atoms with E-state index in [0.717, 1.165) is 30.6 Å². The first kappa shape index (κ1) is 13.7. The van der Waals surface area contributed by atoms with Crippen molar-refractivity contribution in [2.75, 3.05) is 19.6 Å². The highest BCUT2D eigenvalue weighted by atomic mass is 19.1. The van der Waals surface area contributed by atoms with Crippen molar-refractivity contribution >= 4 is 11.5 Å². The van der Waals surface area contributed by atoms with E-state index < -0.39 is 0 Å². The summed E-state index contributed by atoms with van der Waals surface area (Å²) in [6.45, 7) is 4.00.